The Bertz CT molecular complexity index is 616. The van der Waals surface area contributed by atoms with Gasteiger partial charge in [-0.3, -0.25) is 4.79 Å². The number of carbonyl (C=O) groups is 1. The van der Waals surface area contributed by atoms with E-state index in [1.165, 1.54) is 0 Å². The van der Waals surface area contributed by atoms with Crippen LogP contribution in [0.4, 0.5) is 0 Å². The molecule has 1 aliphatic heterocycles. The van der Waals surface area contributed by atoms with Crippen molar-refractivity contribution in [3.8, 4) is 5.69 Å². The first-order chi connectivity index (χ1) is 10.2. The highest BCUT2D eigenvalue weighted by molar-refractivity contribution is 5.94. The first kappa shape index (κ1) is 13.9. The number of benzene rings is 1. The van der Waals surface area contributed by atoms with Crippen LogP contribution in [0, 0.1) is 0 Å². The predicted molar refractivity (Wildman–Crippen MR) is 78.5 cm³/mol. The van der Waals surface area contributed by atoms with E-state index in [-0.39, 0.29) is 19.1 Å². The molecule has 1 aliphatic rings. The third-order valence-corrected chi connectivity index (χ3v) is 3.67. The SMILES string of the molecule is O=C(NCC1(O)CCOC1)c1cccc(-n2cccc2)c1. The van der Waals surface area contributed by atoms with E-state index in [4.69, 9.17) is 4.74 Å². The maximum atomic E-state index is 12.2. The largest absolute Gasteiger partial charge is 0.386 e. The van der Waals surface area contributed by atoms with E-state index >= 15 is 0 Å². The van der Waals surface area contributed by atoms with Crippen LogP contribution < -0.4 is 5.32 Å². The molecule has 0 spiro atoms. The predicted octanol–water partition coefficient (Wildman–Crippen LogP) is 1.36. The molecule has 0 saturated carbocycles. The number of hydrogen-bond acceptors (Lipinski definition) is 3. The fourth-order valence-electron chi connectivity index (χ4n) is 2.40. The van der Waals surface area contributed by atoms with Crippen LogP contribution in [0.1, 0.15) is 16.8 Å². The molecule has 1 aromatic carbocycles. The molecule has 1 amide bonds. The van der Waals surface area contributed by atoms with Crippen molar-refractivity contribution in [2.24, 2.45) is 0 Å². The first-order valence-corrected chi connectivity index (χ1v) is 6.98. The number of amides is 1. The Balaban J connectivity index is 1.69. The van der Waals surface area contributed by atoms with Gasteiger partial charge < -0.3 is 19.7 Å². The highest BCUT2D eigenvalue weighted by Crippen LogP contribution is 2.17. The standard InChI is InChI=1S/C16H18N2O3/c19-15(17-11-16(20)6-9-21-12-16)13-4-3-5-14(10-13)18-7-1-2-8-18/h1-5,7-8,10,20H,6,9,11-12H2,(H,17,19). The molecule has 0 aliphatic carbocycles. The van der Waals surface area contributed by atoms with E-state index in [1.54, 1.807) is 6.07 Å². The number of rotatable bonds is 4. The second kappa shape index (κ2) is 5.71. The van der Waals surface area contributed by atoms with Crippen molar-refractivity contribution in [1.82, 2.24) is 9.88 Å². The van der Waals surface area contributed by atoms with E-state index < -0.39 is 5.60 Å². The topological polar surface area (TPSA) is 63.5 Å². The normalized spacial score (nSPS) is 21.4. The summed E-state index contributed by atoms with van der Waals surface area (Å²) in [5, 5.41) is 12.9. The van der Waals surface area contributed by atoms with E-state index in [2.05, 4.69) is 5.32 Å². The van der Waals surface area contributed by atoms with Crippen LogP contribution in [0.25, 0.3) is 5.69 Å². The Morgan fingerprint density at radius 1 is 1.33 bits per heavy atom. The summed E-state index contributed by atoms with van der Waals surface area (Å²) in [7, 11) is 0. The summed E-state index contributed by atoms with van der Waals surface area (Å²) in [6.07, 6.45) is 4.40. The lowest BCUT2D eigenvalue weighted by Crippen LogP contribution is -2.43. The Kier molecular flexibility index (Phi) is 3.77. The zero-order valence-electron chi connectivity index (χ0n) is 11.7. The van der Waals surface area contributed by atoms with Crippen LogP contribution in [0.15, 0.2) is 48.8 Å². The van der Waals surface area contributed by atoms with Gasteiger partial charge in [0.25, 0.3) is 5.91 Å². The molecule has 1 aromatic heterocycles. The molecule has 2 heterocycles. The van der Waals surface area contributed by atoms with Gasteiger partial charge in [-0.2, -0.15) is 0 Å². The minimum absolute atomic E-state index is 0.190. The molecule has 1 saturated heterocycles. The number of nitrogens with zero attached hydrogens (tertiary/aromatic N) is 1. The van der Waals surface area contributed by atoms with Gasteiger partial charge in [0.1, 0.15) is 5.60 Å². The van der Waals surface area contributed by atoms with Crippen molar-refractivity contribution in [3.63, 3.8) is 0 Å². The van der Waals surface area contributed by atoms with Gasteiger partial charge in [0.05, 0.1) is 6.61 Å². The third-order valence-electron chi connectivity index (χ3n) is 3.67. The van der Waals surface area contributed by atoms with Crippen molar-refractivity contribution in [2.75, 3.05) is 19.8 Å². The molecule has 5 heteroatoms. The second-order valence-corrected chi connectivity index (χ2v) is 5.35. The van der Waals surface area contributed by atoms with Crippen LogP contribution in [0.5, 0.6) is 0 Å². The third kappa shape index (κ3) is 3.15. The number of nitrogens with one attached hydrogen (secondary N) is 1. The minimum Gasteiger partial charge on any atom is -0.386 e. The van der Waals surface area contributed by atoms with E-state index in [0.717, 1.165) is 5.69 Å². The second-order valence-electron chi connectivity index (χ2n) is 5.35. The number of carbonyl (C=O) groups excluding carboxylic acids is 1. The average Bonchev–Trinajstić information content (AvgIpc) is 3.17. The van der Waals surface area contributed by atoms with Gasteiger partial charge in [-0.1, -0.05) is 6.07 Å². The summed E-state index contributed by atoms with van der Waals surface area (Å²) in [4.78, 5) is 12.2. The monoisotopic (exact) mass is 286 g/mol. The molecule has 0 radical (unpaired) electrons. The molecule has 0 bridgehead atoms. The van der Waals surface area contributed by atoms with Gasteiger partial charge in [-0.05, 0) is 30.3 Å². The maximum Gasteiger partial charge on any atom is 0.251 e. The molecule has 5 nitrogen and oxygen atoms in total. The number of ether oxygens (including phenoxy) is 1. The molecular weight excluding hydrogens is 268 g/mol. The smallest absolute Gasteiger partial charge is 0.251 e. The quantitative estimate of drug-likeness (QED) is 0.892. The van der Waals surface area contributed by atoms with Gasteiger partial charge >= 0.3 is 0 Å². The number of hydrogen-bond donors (Lipinski definition) is 2. The highest BCUT2D eigenvalue weighted by atomic mass is 16.5. The molecule has 110 valence electrons. The van der Waals surface area contributed by atoms with E-state index in [0.29, 0.717) is 18.6 Å². The molecular formula is C16H18N2O3. The van der Waals surface area contributed by atoms with Crippen molar-refractivity contribution in [3.05, 3.63) is 54.4 Å². The van der Waals surface area contributed by atoms with Crippen molar-refractivity contribution in [2.45, 2.75) is 12.0 Å². The number of aromatic nitrogens is 1. The van der Waals surface area contributed by atoms with Gasteiger partial charge in [0.2, 0.25) is 0 Å². The summed E-state index contributed by atoms with van der Waals surface area (Å²) in [5.41, 5.74) is 0.563. The molecule has 21 heavy (non-hydrogen) atoms. The molecule has 2 N–H and O–H groups in total. The van der Waals surface area contributed by atoms with Crippen LogP contribution in [-0.4, -0.2) is 40.9 Å². The maximum absolute atomic E-state index is 12.2. The summed E-state index contributed by atoms with van der Waals surface area (Å²) < 4.78 is 7.10. The van der Waals surface area contributed by atoms with Crippen molar-refractivity contribution >= 4 is 5.91 Å². The summed E-state index contributed by atoms with van der Waals surface area (Å²) in [5.74, 6) is -0.190. The summed E-state index contributed by atoms with van der Waals surface area (Å²) in [6.45, 7) is 1.02. The Morgan fingerprint density at radius 3 is 2.86 bits per heavy atom. The minimum atomic E-state index is -0.937. The summed E-state index contributed by atoms with van der Waals surface area (Å²) >= 11 is 0. The molecule has 1 atom stereocenters. The highest BCUT2D eigenvalue weighted by Gasteiger charge is 2.32. The molecule has 2 aromatic rings. The average molecular weight is 286 g/mol. The van der Waals surface area contributed by atoms with Crippen molar-refractivity contribution in [1.29, 1.82) is 0 Å². The van der Waals surface area contributed by atoms with Crippen LogP contribution in [-0.2, 0) is 4.74 Å². The van der Waals surface area contributed by atoms with E-state index in [1.807, 2.05) is 47.3 Å². The fourth-order valence-corrected chi connectivity index (χ4v) is 2.40. The Hall–Kier alpha value is -2.11. The lowest BCUT2D eigenvalue weighted by molar-refractivity contribution is 0.0264. The van der Waals surface area contributed by atoms with Crippen LogP contribution in [0.3, 0.4) is 0 Å². The zero-order chi connectivity index (χ0) is 14.7. The fraction of sp³-hybridized carbons (Fsp3) is 0.312. The molecule has 3 rings (SSSR count). The van der Waals surface area contributed by atoms with Gasteiger partial charge in [0.15, 0.2) is 0 Å². The first-order valence-electron chi connectivity index (χ1n) is 6.98. The lowest BCUT2D eigenvalue weighted by atomic mass is 10.0. The Morgan fingerprint density at radius 2 is 2.14 bits per heavy atom. The van der Waals surface area contributed by atoms with Crippen LogP contribution >= 0.6 is 0 Å². The lowest BCUT2D eigenvalue weighted by Gasteiger charge is -2.20. The van der Waals surface area contributed by atoms with E-state index in [9.17, 15) is 9.90 Å². The Labute approximate surface area is 123 Å². The van der Waals surface area contributed by atoms with Gasteiger partial charge in [-0.25, -0.2) is 0 Å². The van der Waals surface area contributed by atoms with Gasteiger partial charge in [0, 0.05) is 43.2 Å². The van der Waals surface area contributed by atoms with Crippen LogP contribution in [0.2, 0.25) is 0 Å². The number of aliphatic hydroxyl groups is 1. The van der Waals surface area contributed by atoms with Crippen molar-refractivity contribution < 1.29 is 14.6 Å². The zero-order valence-corrected chi connectivity index (χ0v) is 11.7. The summed E-state index contributed by atoms with van der Waals surface area (Å²) in [6, 6.07) is 11.2. The molecule has 1 fully saturated rings. The van der Waals surface area contributed by atoms with Gasteiger partial charge in [-0.15, -0.1) is 0 Å². The molecule has 1 unspecified atom stereocenters.